The van der Waals surface area contributed by atoms with Crippen LogP contribution < -0.4 is 9.62 Å². The van der Waals surface area contributed by atoms with Gasteiger partial charge in [-0.25, -0.2) is 8.42 Å². The first-order chi connectivity index (χ1) is 12.7. The molecule has 0 radical (unpaired) electrons. The Kier molecular flexibility index (Phi) is 5.70. The second kappa shape index (κ2) is 7.70. The third-order valence-electron chi connectivity index (χ3n) is 4.61. The van der Waals surface area contributed by atoms with Crippen molar-refractivity contribution in [3.05, 3.63) is 63.1 Å². The Bertz CT molecular complexity index is 992. The van der Waals surface area contributed by atoms with E-state index >= 15 is 0 Å². The van der Waals surface area contributed by atoms with Gasteiger partial charge in [0, 0.05) is 12.1 Å². The highest BCUT2D eigenvalue weighted by atomic mass is 35.5. The van der Waals surface area contributed by atoms with E-state index in [4.69, 9.17) is 23.2 Å². The zero-order valence-corrected chi connectivity index (χ0v) is 17.3. The summed E-state index contributed by atoms with van der Waals surface area (Å²) in [4.78, 5) is 12.6. The third-order valence-corrected chi connectivity index (χ3v) is 6.53. The van der Waals surface area contributed by atoms with Crippen molar-refractivity contribution in [1.82, 2.24) is 5.32 Å². The first kappa shape index (κ1) is 20.0. The number of nitrogens with one attached hydrogen (secondary N) is 1. The number of halogens is 2. The lowest BCUT2D eigenvalue weighted by Crippen LogP contribution is -2.35. The summed E-state index contributed by atoms with van der Waals surface area (Å²) in [7, 11) is -3.33. The minimum Gasteiger partial charge on any atom is -0.346 e. The Morgan fingerprint density at radius 2 is 1.89 bits per heavy atom. The number of nitrogens with zero attached hydrogens (tertiary/aromatic N) is 1. The molecule has 1 N–H and O–H groups in total. The van der Waals surface area contributed by atoms with E-state index < -0.39 is 10.0 Å². The van der Waals surface area contributed by atoms with Crippen molar-refractivity contribution >= 4 is 44.8 Å². The molecule has 1 aliphatic heterocycles. The monoisotopic (exact) mass is 426 g/mol. The smallest absolute Gasteiger partial charge is 0.251 e. The molecule has 0 spiro atoms. The Morgan fingerprint density at radius 1 is 1.15 bits per heavy atom. The molecule has 0 aromatic heterocycles. The van der Waals surface area contributed by atoms with E-state index in [2.05, 4.69) is 5.32 Å². The fourth-order valence-electron chi connectivity index (χ4n) is 3.19. The number of fused-ring (bicyclic) bond motifs is 1. The molecule has 144 valence electrons. The van der Waals surface area contributed by atoms with Gasteiger partial charge in [-0.3, -0.25) is 9.10 Å². The van der Waals surface area contributed by atoms with E-state index in [0.29, 0.717) is 27.8 Å². The summed E-state index contributed by atoms with van der Waals surface area (Å²) in [5.41, 5.74) is 2.86. The van der Waals surface area contributed by atoms with Gasteiger partial charge in [0.15, 0.2) is 0 Å². The number of carbonyl (C=O) groups is 1. The average molecular weight is 427 g/mol. The van der Waals surface area contributed by atoms with Gasteiger partial charge >= 0.3 is 0 Å². The van der Waals surface area contributed by atoms with Crippen molar-refractivity contribution in [2.75, 3.05) is 17.1 Å². The number of sulfonamides is 1. The number of hydrogen-bond donors (Lipinski definition) is 1. The van der Waals surface area contributed by atoms with Crippen molar-refractivity contribution in [2.24, 2.45) is 0 Å². The van der Waals surface area contributed by atoms with Gasteiger partial charge in [-0.05, 0) is 61.2 Å². The van der Waals surface area contributed by atoms with Gasteiger partial charge in [-0.15, -0.1) is 0 Å². The number of aryl methyl sites for hydroxylation is 1. The van der Waals surface area contributed by atoms with Crippen LogP contribution in [0, 0.1) is 0 Å². The molecule has 0 saturated heterocycles. The number of carbonyl (C=O) groups excluding carboxylic acids is 1. The molecule has 5 nitrogen and oxygen atoms in total. The van der Waals surface area contributed by atoms with Crippen LogP contribution in [0.15, 0.2) is 36.4 Å². The van der Waals surface area contributed by atoms with Gasteiger partial charge < -0.3 is 5.32 Å². The molecule has 0 bridgehead atoms. The maximum Gasteiger partial charge on any atom is 0.251 e. The molecule has 1 atom stereocenters. The lowest BCUT2D eigenvalue weighted by atomic mass is 10.00. The summed E-state index contributed by atoms with van der Waals surface area (Å²) in [6, 6.07) is 10.1. The summed E-state index contributed by atoms with van der Waals surface area (Å²) in [6.07, 6.45) is 2.66. The highest BCUT2D eigenvalue weighted by molar-refractivity contribution is 7.92. The van der Waals surface area contributed by atoms with Crippen LogP contribution in [0.3, 0.4) is 0 Å². The number of rotatable bonds is 4. The highest BCUT2D eigenvalue weighted by Crippen LogP contribution is 2.30. The third kappa shape index (κ3) is 4.39. The van der Waals surface area contributed by atoms with Crippen molar-refractivity contribution < 1.29 is 13.2 Å². The molecule has 2 aromatic carbocycles. The fraction of sp³-hybridized carbons (Fsp3) is 0.316. The second-order valence-electron chi connectivity index (χ2n) is 6.65. The molecule has 0 fully saturated rings. The Hall–Kier alpha value is -1.76. The minimum absolute atomic E-state index is 0.229. The summed E-state index contributed by atoms with van der Waals surface area (Å²) in [6.45, 7) is 2.33. The van der Waals surface area contributed by atoms with Crippen molar-refractivity contribution in [3.63, 3.8) is 0 Å². The van der Waals surface area contributed by atoms with E-state index in [1.54, 1.807) is 30.3 Å². The topological polar surface area (TPSA) is 66.5 Å². The molecule has 0 unspecified atom stereocenters. The lowest BCUT2D eigenvalue weighted by Gasteiger charge is -2.29. The van der Waals surface area contributed by atoms with Crippen molar-refractivity contribution in [1.29, 1.82) is 0 Å². The molecule has 8 heteroatoms. The molecule has 27 heavy (non-hydrogen) atoms. The van der Waals surface area contributed by atoms with E-state index in [1.165, 1.54) is 10.6 Å². The Morgan fingerprint density at radius 3 is 2.56 bits per heavy atom. The molecule has 3 rings (SSSR count). The summed E-state index contributed by atoms with van der Waals surface area (Å²) < 4.78 is 25.3. The van der Waals surface area contributed by atoms with Crippen LogP contribution in [0.2, 0.25) is 10.0 Å². The fourth-order valence-corrected chi connectivity index (χ4v) is 4.50. The van der Waals surface area contributed by atoms with E-state index in [9.17, 15) is 13.2 Å². The first-order valence-electron chi connectivity index (χ1n) is 8.53. The number of benzene rings is 2. The SMILES string of the molecule is C[C@H](NC(=O)c1ccc2c(c1)CCCN2S(C)(=O)=O)c1ccc(Cl)c(Cl)c1. The maximum absolute atomic E-state index is 12.6. The Labute approximate surface area is 169 Å². The quantitative estimate of drug-likeness (QED) is 0.796. The zero-order chi connectivity index (χ0) is 19.8. The van der Waals surface area contributed by atoms with Crippen LogP contribution in [-0.2, 0) is 16.4 Å². The van der Waals surface area contributed by atoms with Gasteiger partial charge in [-0.1, -0.05) is 29.3 Å². The largest absolute Gasteiger partial charge is 0.346 e. The van der Waals surface area contributed by atoms with E-state index in [1.807, 2.05) is 13.0 Å². The lowest BCUT2D eigenvalue weighted by molar-refractivity contribution is 0.0940. The van der Waals surface area contributed by atoms with Gasteiger partial charge in [0.2, 0.25) is 10.0 Å². The van der Waals surface area contributed by atoms with Gasteiger partial charge in [0.25, 0.3) is 5.91 Å². The normalized spacial score (nSPS) is 15.2. The first-order valence-corrected chi connectivity index (χ1v) is 11.1. The number of anilines is 1. The zero-order valence-electron chi connectivity index (χ0n) is 15.0. The molecular formula is C19H20Cl2N2O3S. The van der Waals surface area contributed by atoms with Gasteiger partial charge in [0.05, 0.1) is 28.0 Å². The van der Waals surface area contributed by atoms with E-state index in [-0.39, 0.29) is 11.9 Å². The van der Waals surface area contributed by atoms with Crippen LogP contribution in [-0.4, -0.2) is 27.1 Å². The summed E-state index contributed by atoms with van der Waals surface area (Å²) in [5, 5.41) is 3.83. The average Bonchev–Trinajstić information content (AvgIpc) is 2.62. The van der Waals surface area contributed by atoms with Crippen LogP contribution >= 0.6 is 23.2 Å². The van der Waals surface area contributed by atoms with Crippen LogP contribution in [0.4, 0.5) is 5.69 Å². The standard InChI is InChI=1S/C19H20Cl2N2O3S/c1-12(13-5-7-16(20)17(21)11-13)22-19(24)15-6-8-18-14(10-15)4-3-9-23(18)27(2,25)26/h5-8,10-12H,3-4,9H2,1-2H3,(H,22,24)/t12-/m0/s1. The Balaban J connectivity index is 1.80. The van der Waals surface area contributed by atoms with Crippen molar-refractivity contribution in [3.8, 4) is 0 Å². The predicted molar refractivity (Wildman–Crippen MR) is 109 cm³/mol. The summed E-state index contributed by atoms with van der Waals surface area (Å²) >= 11 is 12.0. The molecule has 0 aliphatic carbocycles. The van der Waals surface area contributed by atoms with Crippen LogP contribution in [0.25, 0.3) is 0 Å². The predicted octanol–water partition coefficient (Wildman–Crippen LogP) is 4.20. The molecule has 1 amide bonds. The minimum atomic E-state index is -3.33. The van der Waals surface area contributed by atoms with Crippen LogP contribution in [0.1, 0.15) is 40.9 Å². The molecule has 0 saturated carbocycles. The van der Waals surface area contributed by atoms with Gasteiger partial charge in [-0.2, -0.15) is 0 Å². The molecule has 1 aliphatic rings. The van der Waals surface area contributed by atoms with Gasteiger partial charge in [0.1, 0.15) is 0 Å². The highest BCUT2D eigenvalue weighted by Gasteiger charge is 2.25. The molecule has 1 heterocycles. The number of amides is 1. The molecular weight excluding hydrogens is 407 g/mol. The summed E-state index contributed by atoms with van der Waals surface area (Å²) in [5.74, 6) is -0.229. The van der Waals surface area contributed by atoms with E-state index in [0.717, 1.165) is 24.0 Å². The van der Waals surface area contributed by atoms with Crippen molar-refractivity contribution in [2.45, 2.75) is 25.8 Å². The molecule has 2 aromatic rings. The maximum atomic E-state index is 12.6. The van der Waals surface area contributed by atoms with Crippen LogP contribution in [0.5, 0.6) is 0 Å². The second-order valence-corrected chi connectivity index (χ2v) is 9.37. The number of hydrogen-bond acceptors (Lipinski definition) is 3.